The van der Waals surface area contributed by atoms with Gasteiger partial charge < -0.3 is 9.74 Å². The lowest BCUT2D eigenvalue weighted by Crippen LogP contribution is -2.39. The molecule has 0 bridgehead atoms. The molecule has 2 aliphatic rings. The lowest BCUT2D eigenvalue weighted by Gasteiger charge is -2.31. The molecule has 7 nitrogen and oxygen atoms in total. The molecule has 36 heavy (non-hydrogen) atoms. The van der Waals surface area contributed by atoms with E-state index in [0.717, 1.165) is 39.5 Å². The van der Waals surface area contributed by atoms with Crippen LogP contribution in [0.5, 0.6) is 0 Å². The number of piperidine rings is 1. The highest BCUT2D eigenvalue weighted by Gasteiger charge is 2.37. The van der Waals surface area contributed by atoms with E-state index < -0.39 is 11.9 Å². The van der Waals surface area contributed by atoms with Crippen molar-refractivity contribution in [2.75, 3.05) is 13.1 Å². The van der Waals surface area contributed by atoms with Gasteiger partial charge in [-0.2, -0.15) is 18.3 Å². The summed E-state index contributed by atoms with van der Waals surface area (Å²) in [6.45, 7) is 2.51. The Balaban J connectivity index is 1.15. The van der Waals surface area contributed by atoms with E-state index in [-0.39, 0.29) is 36.5 Å². The first kappa shape index (κ1) is 24.5. The molecule has 3 aromatic rings. The van der Waals surface area contributed by atoms with Crippen LogP contribution in [0.25, 0.3) is 0 Å². The van der Waals surface area contributed by atoms with Gasteiger partial charge >= 0.3 is 6.18 Å². The molecule has 1 aromatic carbocycles. The smallest absolute Gasteiger partial charge is 0.387 e. The molecule has 1 amide bonds. The first-order chi connectivity index (χ1) is 17.3. The Bertz CT molecular complexity index is 1250. The number of rotatable bonds is 6. The van der Waals surface area contributed by atoms with Crippen molar-refractivity contribution in [3.8, 4) is 0 Å². The van der Waals surface area contributed by atoms with Crippen LogP contribution in [0.1, 0.15) is 65.7 Å². The van der Waals surface area contributed by atoms with Gasteiger partial charge in [-0.3, -0.25) is 9.48 Å². The first-order valence-electron chi connectivity index (χ1n) is 12.0. The number of oxime groups is 1. The topological polar surface area (TPSA) is 72.6 Å². The summed E-state index contributed by atoms with van der Waals surface area (Å²) in [5, 5.41) is 10.9. The lowest BCUT2D eigenvalue weighted by molar-refractivity contribution is -0.142. The molecule has 0 radical (unpaired) electrons. The average Bonchev–Trinajstić information content (AvgIpc) is 3.63. The van der Waals surface area contributed by atoms with Gasteiger partial charge in [-0.15, -0.1) is 11.3 Å². The maximum Gasteiger partial charge on any atom is 0.435 e. The monoisotopic (exact) mass is 517 g/mol. The van der Waals surface area contributed by atoms with Gasteiger partial charge in [0.15, 0.2) is 11.8 Å². The highest BCUT2D eigenvalue weighted by atomic mass is 32.1. The van der Waals surface area contributed by atoms with Crippen LogP contribution < -0.4 is 0 Å². The van der Waals surface area contributed by atoms with Gasteiger partial charge in [0.25, 0.3) is 0 Å². The van der Waals surface area contributed by atoms with E-state index in [0.29, 0.717) is 19.5 Å². The van der Waals surface area contributed by atoms with Crippen LogP contribution in [-0.2, 0) is 28.8 Å². The fraction of sp³-hybridized carbons (Fsp3) is 0.440. The molecule has 11 heteroatoms. The Labute approximate surface area is 210 Å². The quantitative estimate of drug-likeness (QED) is 0.451. The van der Waals surface area contributed by atoms with E-state index in [9.17, 15) is 18.0 Å². The van der Waals surface area contributed by atoms with Crippen LogP contribution in [-0.4, -0.2) is 44.4 Å². The maximum atomic E-state index is 13.2. The summed E-state index contributed by atoms with van der Waals surface area (Å²) in [5.41, 5.74) is 1.93. The van der Waals surface area contributed by atoms with Gasteiger partial charge in [0.05, 0.1) is 10.7 Å². The van der Waals surface area contributed by atoms with E-state index in [1.165, 1.54) is 6.20 Å². The van der Waals surface area contributed by atoms with Crippen molar-refractivity contribution in [1.29, 1.82) is 0 Å². The Morgan fingerprint density at radius 1 is 1.19 bits per heavy atom. The van der Waals surface area contributed by atoms with Crippen molar-refractivity contribution < 1.29 is 22.8 Å². The summed E-state index contributed by atoms with van der Waals surface area (Å²) in [7, 11) is 0. The molecular weight excluding hydrogens is 491 g/mol. The first-order valence-corrected chi connectivity index (χ1v) is 12.8. The molecule has 2 aromatic heterocycles. The van der Waals surface area contributed by atoms with Crippen molar-refractivity contribution in [2.45, 2.75) is 57.3 Å². The summed E-state index contributed by atoms with van der Waals surface area (Å²) in [6.07, 6.45) is -0.927. The Kier molecular flexibility index (Phi) is 6.83. The second-order valence-electron chi connectivity index (χ2n) is 9.02. The van der Waals surface area contributed by atoms with Crippen LogP contribution in [0.4, 0.5) is 13.2 Å². The predicted octanol–water partition coefficient (Wildman–Crippen LogP) is 5.19. The van der Waals surface area contributed by atoms with Gasteiger partial charge in [-0.05, 0) is 24.8 Å². The Morgan fingerprint density at radius 2 is 1.94 bits per heavy atom. The van der Waals surface area contributed by atoms with Crippen LogP contribution in [0, 0.1) is 0 Å². The minimum absolute atomic E-state index is 0.0981. The predicted molar refractivity (Wildman–Crippen MR) is 129 cm³/mol. The minimum atomic E-state index is -4.52. The normalized spacial score (nSPS) is 18.8. The summed E-state index contributed by atoms with van der Waals surface area (Å²) in [5.74, 6) is 0.00504. The van der Waals surface area contributed by atoms with Gasteiger partial charge in [0.2, 0.25) is 5.91 Å². The molecule has 2 aliphatic heterocycles. The molecule has 0 saturated carbocycles. The van der Waals surface area contributed by atoms with Crippen LogP contribution in [0.2, 0.25) is 0 Å². The van der Waals surface area contributed by atoms with Crippen molar-refractivity contribution in [1.82, 2.24) is 19.7 Å². The lowest BCUT2D eigenvalue weighted by atomic mass is 9.97. The molecule has 4 heterocycles. The van der Waals surface area contributed by atoms with E-state index >= 15 is 0 Å². The molecule has 0 spiro atoms. The molecule has 190 valence electrons. The average molecular weight is 518 g/mol. The zero-order chi connectivity index (χ0) is 25.3. The number of halogens is 3. The number of amides is 1. The largest absolute Gasteiger partial charge is 0.435 e. The summed E-state index contributed by atoms with van der Waals surface area (Å²) >= 11 is 1.59. The Hall–Kier alpha value is -3.21. The van der Waals surface area contributed by atoms with E-state index in [1.54, 1.807) is 23.2 Å². The van der Waals surface area contributed by atoms with Crippen molar-refractivity contribution in [2.24, 2.45) is 5.16 Å². The third kappa shape index (κ3) is 5.16. The number of carbonyl (C=O) groups excluding carboxylic acids is 1. The zero-order valence-corrected chi connectivity index (χ0v) is 20.6. The molecule has 0 aliphatic carbocycles. The number of likely N-dealkylation sites (tertiary alicyclic amines) is 1. The molecule has 0 N–H and O–H groups in total. The number of benzene rings is 1. The number of aryl methyl sites for hydroxylation is 1. The third-order valence-electron chi connectivity index (χ3n) is 6.64. The van der Waals surface area contributed by atoms with E-state index in [1.807, 2.05) is 35.7 Å². The third-order valence-corrected chi connectivity index (χ3v) is 7.65. The van der Waals surface area contributed by atoms with Gasteiger partial charge in [-0.1, -0.05) is 42.4 Å². The van der Waals surface area contributed by atoms with E-state index in [2.05, 4.69) is 10.3 Å². The van der Waals surface area contributed by atoms with Crippen molar-refractivity contribution in [3.63, 3.8) is 0 Å². The number of hydrogen-bond donors (Lipinski definition) is 0. The molecule has 0 unspecified atom stereocenters. The number of carbonyl (C=O) groups is 1. The summed E-state index contributed by atoms with van der Waals surface area (Å²) in [6, 6.07) is 9.97. The highest BCUT2D eigenvalue weighted by Crippen LogP contribution is 2.34. The second-order valence-corrected chi connectivity index (χ2v) is 9.91. The molecular formula is C25H26F3N5O2S. The molecule has 1 fully saturated rings. The fourth-order valence-corrected chi connectivity index (χ4v) is 5.64. The van der Waals surface area contributed by atoms with Crippen LogP contribution in [0.15, 0.2) is 47.1 Å². The Morgan fingerprint density at radius 3 is 2.61 bits per heavy atom. The zero-order valence-electron chi connectivity index (χ0n) is 19.7. The summed E-state index contributed by atoms with van der Waals surface area (Å²) < 4.78 is 40.6. The highest BCUT2D eigenvalue weighted by molar-refractivity contribution is 7.10. The molecule has 1 atom stereocenters. The van der Waals surface area contributed by atoms with Crippen LogP contribution in [0.3, 0.4) is 0 Å². The maximum absolute atomic E-state index is 13.2. The summed E-state index contributed by atoms with van der Waals surface area (Å²) in [4.78, 5) is 24.9. The minimum Gasteiger partial charge on any atom is -0.387 e. The van der Waals surface area contributed by atoms with Crippen molar-refractivity contribution in [3.05, 3.63) is 69.4 Å². The number of nitrogens with zero attached hydrogens (tertiary/aromatic N) is 5. The van der Waals surface area contributed by atoms with Crippen LogP contribution >= 0.6 is 11.3 Å². The van der Waals surface area contributed by atoms with E-state index in [4.69, 9.17) is 9.82 Å². The number of aromatic nitrogens is 3. The van der Waals surface area contributed by atoms with Gasteiger partial charge in [-0.25, -0.2) is 4.98 Å². The standard InChI is InChI=1S/C25H26F3N5O2S/c1-2-16-13-33(30-23(16)25(26,27)28)14-22(34)32-10-8-18(9-11-32)24-29-20(15-36-24)19-12-21(35-31-19)17-6-4-3-5-7-17/h3-7,13,15,18,21H,2,8-12,14H2,1H3/t21-/m1/s1. The second kappa shape index (κ2) is 10.0. The van der Waals surface area contributed by atoms with Gasteiger partial charge in [0, 0.05) is 42.6 Å². The number of thiazole rings is 1. The SMILES string of the molecule is CCc1cn(CC(=O)N2CCC(c3nc(C4=NO[C@@H](c5ccccc5)C4)cs3)CC2)nc1C(F)(F)F. The van der Waals surface area contributed by atoms with Crippen molar-refractivity contribution >= 4 is 23.0 Å². The molecule has 5 rings (SSSR count). The number of hydrogen-bond acceptors (Lipinski definition) is 6. The molecule has 1 saturated heterocycles. The number of alkyl halides is 3. The van der Waals surface area contributed by atoms with Gasteiger partial charge in [0.1, 0.15) is 12.3 Å². The fourth-order valence-electron chi connectivity index (χ4n) is 4.64.